The molecule has 1 aliphatic heterocycles. The zero-order valence-corrected chi connectivity index (χ0v) is 15.4. The molecular formula is C17H21Cl2N5. The smallest absolute Gasteiger partial charge is 0.227 e. The Bertz CT molecular complexity index is 714. The van der Waals surface area contributed by atoms with E-state index >= 15 is 0 Å². The predicted octanol–water partition coefficient (Wildman–Crippen LogP) is 3.98. The Labute approximate surface area is 152 Å². The fraction of sp³-hybridized carbons (Fsp3) is 0.412. The number of piperazine rings is 1. The lowest BCUT2D eigenvalue weighted by molar-refractivity contribution is 0.270. The molecule has 1 fully saturated rings. The molecular weight excluding hydrogens is 345 g/mol. The second kappa shape index (κ2) is 7.55. The molecule has 5 nitrogen and oxygen atoms in total. The van der Waals surface area contributed by atoms with Gasteiger partial charge in [0.2, 0.25) is 5.95 Å². The Kier molecular flexibility index (Phi) is 5.43. The minimum Gasteiger partial charge on any atom is -0.339 e. The number of nitrogens with one attached hydrogen (secondary N) is 1. The van der Waals surface area contributed by atoms with Gasteiger partial charge in [0, 0.05) is 37.9 Å². The maximum atomic E-state index is 6.25. The van der Waals surface area contributed by atoms with Crippen molar-refractivity contribution in [3.8, 4) is 0 Å². The Morgan fingerprint density at radius 2 is 1.88 bits per heavy atom. The molecule has 0 atom stereocenters. The van der Waals surface area contributed by atoms with E-state index in [2.05, 4.69) is 32.0 Å². The van der Waals surface area contributed by atoms with E-state index in [0.717, 1.165) is 55.9 Å². The van der Waals surface area contributed by atoms with Crippen molar-refractivity contribution in [2.24, 2.45) is 0 Å². The van der Waals surface area contributed by atoms with Gasteiger partial charge in [0.25, 0.3) is 0 Å². The maximum absolute atomic E-state index is 6.25. The highest BCUT2D eigenvalue weighted by Gasteiger charge is 2.18. The van der Waals surface area contributed by atoms with Crippen LogP contribution in [0.15, 0.2) is 24.3 Å². The van der Waals surface area contributed by atoms with E-state index in [-0.39, 0.29) is 0 Å². The number of hydrogen-bond donors (Lipinski definition) is 1. The van der Waals surface area contributed by atoms with Crippen molar-refractivity contribution >= 4 is 40.7 Å². The van der Waals surface area contributed by atoms with Gasteiger partial charge < -0.3 is 15.1 Å². The van der Waals surface area contributed by atoms with Gasteiger partial charge in [-0.05, 0) is 25.6 Å². The Hall–Kier alpha value is -1.56. The molecule has 1 aromatic heterocycles. The number of halogens is 2. The summed E-state index contributed by atoms with van der Waals surface area (Å²) in [4.78, 5) is 13.9. The summed E-state index contributed by atoms with van der Waals surface area (Å²) in [5.41, 5.74) is 1.66. The molecule has 1 N–H and O–H groups in total. The lowest BCUT2D eigenvalue weighted by Crippen LogP contribution is -2.46. The SMILES string of the molecule is CCN1CCN(c2nc(C)cc(Nc3cccc(Cl)c3Cl)n2)CC1. The van der Waals surface area contributed by atoms with Crippen LogP contribution in [0, 0.1) is 6.92 Å². The van der Waals surface area contributed by atoms with E-state index in [1.165, 1.54) is 0 Å². The van der Waals surface area contributed by atoms with E-state index in [1.807, 2.05) is 25.1 Å². The van der Waals surface area contributed by atoms with Gasteiger partial charge in [-0.25, -0.2) is 4.98 Å². The van der Waals surface area contributed by atoms with Gasteiger partial charge in [0.1, 0.15) is 5.82 Å². The van der Waals surface area contributed by atoms with Gasteiger partial charge in [0.05, 0.1) is 15.7 Å². The summed E-state index contributed by atoms with van der Waals surface area (Å²) in [6, 6.07) is 7.41. The molecule has 0 unspecified atom stereocenters. The number of benzene rings is 1. The summed E-state index contributed by atoms with van der Waals surface area (Å²) in [5.74, 6) is 1.48. The van der Waals surface area contributed by atoms with Gasteiger partial charge in [-0.3, -0.25) is 0 Å². The molecule has 0 bridgehead atoms. The largest absolute Gasteiger partial charge is 0.339 e. The minimum absolute atomic E-state index is 0.494. The van der Waals surface area contributed by atoms with Crippen LogP contribution in [0.3, 0.4) is 0 Å². The molecule has 0 saturated carbocycles. The normalized spacial score (nSPS) is 15.6. The Morgan fingerprint density at radius 3 is 2.58 bits per heavy atom. The Morgan fingerprint density at radius 1 is 1.12 bits per heavy atom. The summed E-state index contributed by atoms with van der Waals surface area (Å²) < 4.78 is 0. The van der Waals surface area contributed by atoms with Crippen LogP contribution in [0.25, 0.3) is 0 Å². The lowest BCUT2D eigenvalue weighted by Gasteiger charge is -2.34. The average Bonchev–Trinajstić information content (AvgIpc) is 2.58. The van der Waals surface area contributed by atoms with Crippen molar-refractivity contribution in [3.05, 3.63) is 40.0 Å². The first-order chi connectivity index (χ1) is 11.6. The molecule has 2 heterocycles. The van der Waals surface area contributed by atoms with Gasteiger partial charge in [-0.15, -0.1) is 0 Å². The Balaban J connectivity index is 1.80. The number of anilines is 3. The number of hydrogen-bond acceptors (Lipinski definition) is 5. The fourth-order valence-corrected chi connectivity index (χ4v) is 3.11. The fourth-order valence-electron chi connectivity index (χ4n) is 2.76. The number of aryl methyl sites for hydroxylation is 1. The molecule has 7 heteroatoms. The summed E-state index contributed by atoms with van der Waals surface area (Å²) in [5, 5.41) is 4.26. The van der Waals surface area contributed by atoms with Crippen molar-refractivity contribution < 1.29 is 0 Å². The van der Waals surface area contributed by atoms with Crippen molar-refractivity contribution in [2.75, 3.05) is 42.9 Å². The van der Waals surface area contributed by atoms with Crippen molar-refractivity contribution in [3.63, 3.8) is 0 Å². The summed E-state index contributed by atoms with van der Waals surface area (Å²) in [6.45, 7) is 9.20. The van der Waals surface area contributed by atoms with Crippen LogP contribution in [0.5, 0.6) is 0 Å². The number of nitrogens with zero attached hydrogens (tertiary/aromatic N) is 4. The van der Waals surface area contributed by atoms with Crippen LogP contribution in [-0.2, 0) is 0 Å². The van der Waals surface area contributed by atoms with Gasteiger partial charge >= 0.3 is 0 Å². The van der Waals surface area contributed by atoms with Crippen molar-refractivity contribution in [1.29, 1.82) is 0 Å². The molecule has 0 spiro atoms. The summed E-state index contributed by atoms with van der Waals surface area (Å²) in [6.07, 6.45) is 0. The molecule has 3 rings (SSSR count). The van der Waals surface area contributed by atoms with Crippen LogP contribution in [-0.4, -0.2) is 47.6 Å². The van der Waals surface area contributed by atoms with E-state index in [1.54, 1.807) is 6.07 Å². The maximum Gasteiger partial charge on any atom is 0.227 e. The molecule has 0 amide bonds. The van der Waals surface area contributed by atoms with Crippen molar-refractivity contribution in [2.45, 2.75) is 13.8 Å². The van der Waals surface area contributed by atoms with Gasteiger partial charge in [0.15, 0.2) is 0 Å². The van der Waals surface area contributed by atoms with Crippen molar-refractivity contribution in [1.82, 2.24) is 14.9 Å². The number of likely N-dealkylation sites (N-methyl/N-ethyl adjacent to an activating group) is 1. The summed E-state index contributed by atoms with van der Waals surface area (Å²) >= 11 is 12.3. The third-order valence-electron chi connectivity index (χ3n) is 4.16. The van der Waals surface area contributed by atoms with E-state index in [4.69, 9.17) is 23.2 Å². The first kappa shape index (κ1) is 17.3. The van der Waals surface area contributed by atoms with Crippen LogP contribution in [0.2, 0.25) is 10.0 Å². The number of rotatable bonds is 4. The zero-order valence-electron chi connectivity index (χ0n) is 13.9. The van der Waals surface area contributed by atoms with E-state index in [9.17, 15) is 0 Å². The average molecular weight is 366 g/mol. The lowest BCUT2D eigenvalue weighted by atomic mass is 10.3. The molecule has 1 aromatic carbocycles. The zero-order chi connectivity index (χ0) is 17.1. The molecule has 0 aliphatic carbocycles. The van der Waals surface area contributed by atoms with E-state index < -0.39 is 0 Å². The standard InChI is InChI=1S/C17H21Cl2N5/c1-3-23-7-9-24(10-8-23)17-20-12(2)11-15(22-17)21-14-6-4-5-13(18)16(14)19/h4-6,11H,3,7-10H2,1-2H3,(H,20,21,22). The highest BCUT2D eigenvalue weighted by molar-refractivity contribution is 6.43. The number of aromatic nitrogens is 2. The van der Waals surface area contributed by atoms with Gasteiger partial charge in [-0.2, -0.15) is 4.98 Å². The van der Waals surface area contributed by atoms with Crippen LogP contribution in [0.1, 0.15) is 12.6 Å². The molecule has 1 saturated heterocycles. The molecule has 2 aromatic rings. The first-order valence-corrected chi connectivity index (χ1v) is 8.86. The predicted molar refractivity (Wildman–Crippen MR) is 101 cm³/mol. The quantitative estimate of drug-likeness (QED) is 0.887. The third kappa shape index (κ3) is 3.91. The highest BCUT2D eigenvalue weighted by atomic mass is 35.5. The monoisotopic (exact) mass is 365 g/mol. The molecule has 24 heavy (non-hydrogen) atoms. The van der Waals surface area contributed by atoms with Gasteiger partial charge in [-0.1, -0.05) is 36.2 Å². The molecule has 1 aliphatic rings. The van der Waals surface area contributed by atoms with Crippen LogP contribution in [0.4, 0.5) is 17.5 Å². The highest BCUT2D eigenvalue weighted by Crippen LogP contribution is 2.31. The minimum atomic E-state index is 0.494. The van der Waals surface area contributed by atoms with E-state index in [0.29, 0.717) is 10.0 Å². The van der Waals surface area contributed by atoms with Crippen LogP contribution < -0.4 is 10.2 Å². The third-order valence-corrected chi connectivity index (χ3v) is 4.98. The summed E-state index contributed by atoms with van der Waals surface area (Å²) in [7, 11) is 0. The second-order valence-electron chi connectivity index (χ2n) is 5.84. The first-order valence-electron chi connectivity index (χ1n) is 8.11. The molecule has 128 valence electrons. The topological polar surface area (TPSA) is 44.3 Å². The second-order valence-corrected chi connectivity index (χ2v) is 6.63. The molecule has 0 radical (unpaired) electrons. The van der Waals surface area contributed by atoms with Crippen LogP contribution >= 0.6 is 23.2 Å².